The number of hydrogen-bond acceptors (Lipinski definition) is 5. The van der Waals surface area contributed by atoms with Crippen LogP contribution in [0.2, 0.25) is 0 Å². The van der Waals surface area contributed by atoms with E-state index >= 15 is 0 Å². The zero-order chi connectivity index (χ0) is 23.8. The Morgan fingerprint density at radius 2 is 1.64 bits per heavy atom. The minimum Gasteiger partial charge on any atom is -0.494 e. The van der Waals surface area contributed by atoms with Crippen LogP contribution in [0, 0.1) is 3.57 Å². The molecule has 0 aliphatic heterocycles. The molecule has 0 aliphatic carbocycles. The van der Waals surface area contributed by atoms with Crippen molar-refractivity contribution in [2.24, 2.45) is 5.10 Å². The summed E-state index contributed by atoms with van der Waals surface area (Å²) in [5.74, 6) is 0.0498. The first kappa shape index (κ1) is 24.7. The molecule has 3 aromatic rings. The van der Waals surface area contributed by atoms with E-state index in [1.165, 1.54) is 12.1 Å². The zero-order valence-electron chi connectivity index (χ0n) is 18.2. The lowest BCUT2D eigenvalue weighted by Gasteiger charge is -2.24. The molecular formula is C24H24IN3O4S. The highest BCUT2D eigenvalue weighted by molar-refractivity contribution is 14.1. The molecule has 0 spiro atoms. The number of nitrogens with one attached hydrogen (secondary N) is 1. The lowest BCUT2D eigenvalue weighted by atomic mass is 10.1. The van der Waals surface area contributed by atoms with Crippen molar-refractivity contribution in [1.82, 2.24) is 5.43 Å². The van der Waals surface area contributed by atoms with Crippen molar-refractivity contribution < 1.29 is 17.9 Å². The van der Waals surface area contributed by atoms with Crippen LogP contribution < -0.4 is 14.5 Å². The zero-order valence-corrected chi connectivity index (χ0v) is 21.2. The summed E-state index contributed by atoms with van der Waals surface area (Å²) in [6, 6.07) is 22.2. The lowest BCUT2D eigenvalue weighted by Crippen LogP contribution is -2.39. The molecule has 172 valence electrons. The molecule has 1 amide bonds. The van der Waals surface area contributed by atoms with E-state index in [1.807, 2.05) is 31.2 Å². The number of rotatable bonds is 9. The molecule has 0 saturated carbocycles. The van der Waals surface area contributed by atoms with Crippen molar-refractivity contribution in [3.63, 3.8) is 0 Å². The molecule has 1 N–H and O–H groups in total. The van der Waals surface area contributed by atoms with Crippen LogP contribution in [0.3, 0.4) is 0 Å². The number of halogens is 1. The van der Waals surface area contributed by atoms with Gasteiger partial charge >= 0.3 is 0 Å². The number of carbonyl (C=O) groups excluding carboxylic acids is 1. The first-order valence-corrected chi connectivity index (χ1v) is 12.7. The predicted octanol–water partition coefficient (Wildman–Crippen LogP) is 4.43. The summed E-state index contributed by atoms with van der Waals surface area (Å²) in [5, 5.41) is 4.14. The standard InChI is InChI=1S/C24H24IN3O4S/c1-3-32-22-15-13-21(14-16-22)28(33(30,31)23-7-5-4-6-8-23)17-24(29)27-26-18(2)19-9-11-20(25)12-10-19/h4-16H,3,17H2,1-2H3,(H,27,29)/b26-18+. The van der Waals surface area contributed by atoms with Crippen LogP contribution in [0.15, 0.2) is 88.9 Å². The third-order valence-corrected chi connectivity index (χ3v) is 7.17. The van der Waals surface area contributed by atoms with Gasteiger partial charge in [-0.3, -0.25) is 9.10 Å². The molecule has 0 unspecified atom stereocenters. The average Bonchev–Trinajstić information content (AvgIpc) is 2.83. The van der Waals surface area contributed by atoms with E-state index in [0.717, 1.165) is 13.4 Å². The molecule has 3 rings (SSSR count). The Labute approximate surface area is 207 Å². The van der Waals surface area contributed by atoms with Crippen LogP contribution >= 0.6 is 22.6 Å². The lowest BCUT2D eigenvalue weighted by molar-refractivity contribution is -0.119. The molecule has 7 nitrogen and oxygen atoms in total. The van der Waals surface area contributed by atoms with E-state index in [4.69, 9.17) is 4.74 Å². The third kappa shape index (κ3) is 6.55. The maximum Gasteiger partial charge on any atom is 0.264 e. The topological polar surface area (TPSA) is 88.1 Å². The van der Waals surface area contributed by atoms with Crippen molar-refractivity contribution in [3.8, 4) is 5.75 Å². The van der Waals surface area contributed by atoms with Gasteiger partial charge in [0.15, 0.2) is 0 Å². The number of benzene rings is 3. The quantitative estimate of drug-likeness (QED) is 0.232. The Hall–Kier alpha value is -2.92. The number of hydrogen-bond donors (Lipinski definition) is 1. The summed E-state index contributed by atoms with van der Waals surface area (Å²) in [5.41, 5.74) is 4.28. The molecule has 0 aromatic heterocycles. The fourth-order valence-corrected chi connectivity index (χ4v) is 4.78. The van der Waals surface area contributed by atoms with Gasteiger partial charge in [0.05, 0.1) is 22.9 Å². The maximum absolute atomic E-state index is 13.3. The average molecular weight is 577 g/mol. The van der Waals surface area contributed by atoms with Gasteiger partial charge in [0.2, 0.25) is 0 Å². The molecule has 0 radical (unpaired) electrons. The van der Waals surface area contributed by atoms with Crippen molar-refractivity contribution in [3.05, 3.63) is 88.0 Å². The van der Waals surface area contributed by atoms with Crippen LogP contribution in [-0.4, -0.2) is 33.2 Å². The Morgan fingerprint density at radius 3 is 2.24 bits per heavy atom. The van der Waals surface area contributed by atoms with E-state index in [2.05, 4.69) is 33.1 Å². The van der Waals surface area contributed by atoms with Crippen LogP contribution in [0.4, 0.5) is 5.69 Å². The fraction of sp³-hybridized carbons (Fsp3) is 0.167. The summed E-state index contributed by atoms with van der Waals surface area (Å²) >= 11 is 2.21. The van der Waals surface area contributed by atoms with E-state index in [1.54, 1.807) is 49.4 Å². The van der Waals surface area contributed by atoms with Gasteiger partial charge in [-0.2, -0.15) is 5.10 Å². The van der Waals surface area contributed by atoms with E-state index in [9.17, 15) is 13.2 Å². The van der Waals surface area contributed by atoms with Crippen LogP contribution in [0.25, 0.3) is 0 Å². The normalized spacial score (nSPS) is 11.7. The van der Waals surface area contributed by atoms with Crippen LogP contribution in [-0.2, 0) is 14.8 Å². The molecule has 0 saturated heterocycles. The molecule has 0 heterocycles. The van der Waals surface area contributed by atoms with Crippen molar-refractivity contribution in [2.75, 3.05) is 17.5 Å². The van der Waals surface area contributed by atoms with Gasteiger partial charge in [0.25, 0.3) is 15.9 Å². The second-order valence-electron chi connectivity index (χ2n) is 6.99. The second kappa shape index (κ2) is 11.3. The Bertz CT molecular complexity index is 1210. The van der Waals surface area contributed by atoms with Crippen LogP contribution in [0.1, 0.15) is 19.4 Å². The second-order valence-corrected chi connectivity index (χ2v) is 10.1. The van der Waals surface area contributed by atoms with Gasteiger partial charge in [-0.15, -0.1) is 0 Å². The third-order valence-electron chi connectivity index (χ3n) is 4.66. The SMILES string of the molecule is CCOc1ccc(N(CC(=O)N/N=C(\C)c2ccc(I)cc2)S(=O)(=O)c2ccccc2)cc1. The van der Waals surface area contributed by atoms with Gasteiger partial charge in [0, 0.05) is 3.57 Å². The fourth-order valence-electron chi connectivity index (χ4n) is 2.98. The first-order valence-electron chi connectivity index (χ1n) is 10.2. The minimum atomic E-state index is -3.99. The molecule has 33 heavy (non-hydrogen) atoms. The smallest absolute Gasteiger partial charge is 0.264 e. The number of carbonyl (C=O) groups is 1. The van der Waals surface area contributed by atoms with Gasteiger partial charge in [-0.05, 0) is 90.5 Å². The molecule has 0 bridgehead atoms. The Balaban J connectivity index is 1.85. The summed E-state index contributed by atoms with van der Waals surface area (Å²) in [4.78, 5) is 12.8. The van der Waals surface area contributed by atoms with Crippen molar-refractivity contribution in [1.29, 1.82) is 0 Å². The van der Waals surface area contributed by atoms with E-state index < -0.39 is 22.5 Å². The summed E-state index contributed by atoms with van der Waals surface area (Å²) in [7, 11) is -3.99. The molecule has 0 fully saturated rings. The number of sulfonamides is 1. The monoisotopic (exact) mass is 577 g/mol. The highest BCUT2D eigenvalue weighted by atomic mass is 127. The highest BCUT2D eigenvalue weighted by Crippen LogP contribution is 2.25. The number of anilines is 1. The molecular weight excluding hydrogens is 553 g/mol. The molecule has 9 heteroatoms. The number of nitrogens with zero attached hydrogens (tertiary/aromatic N) is 2. The van der Waals surface area contributed by atoms with Gasteiger partial charge in [-0.25, -0.2) is 13.8 Å². The number of amides is 1. The van der Waals surface area contributed by atoms with E-state index in [0.29, 0.717) is 23.8 Å². The van der Waals surface area contributed by atoms with Gasteiger partial charge < -0.3 is 4.74 Å². The highest BCUT2D eigenvalue weighted by Gasteiger charge is 2.27. The number of hydrazone groups is 1. The van der Waals surface area contributed by atoms with Crippen molar-refractivity contribution in [2.45, 2.75) is 18.7 Å². The van der Waals surface area contributed by atoms with E-state index in [-0.39, 0.29) is 4.90 Å². The Kier molecular flexibility index (Phi) is 8.45. The summed E-state index contributed by atoms with van der Waals surface area (Å²) < 4.78 is 34.3. The van der Waals surface area contributed by atoms with Crippen molar-refractivity contribution >= 4 is 49.9 Å². The number of ether oxygens (including phenoxy) is 1. The minimum absolute atomic E-state index is 0.0882. The van der Waals surface area contributed by atoms with Gasteiger partial charge in [-0.1, -0.05) is 30.3 Å². The Morgan fingerprint density at radius 1 is 1.00 bits per heavy atom. The maximum atomic E-state index is 13.3. The molecule has 0 aliphatic rings. The predicted molar refractivity (Wildman–Crippen MR) is 138 cm³/mol. The molecule has 3 aromatic carbocycles. The summed E-state index contributed by atoms with van der Waals surface area (Å²) in [6.07, 6.45) is 0. The van der Waals surface area contributed by atoms with Crippen LogP contribution in [0.5, 0.6) is 5.75 Å². The first-order chi connectivity index (χ1) is 15.8. The van der Waals surface area contributed by atoms with Gasteiger partial charge in [0.1, 0.15) is 12.3 Å². The summed E-state index contributed by atoms with van der Waals surface area (Å²) in [6.45, 7) is 3.69. The largest absolute Gasteiger partial charge is 0.494 e. The molecule has 0 atom stereocenters.